The maximum Gasteiger partial charge on any atom is 0.330 e. The van der Waals surface area contributed by atoms with E-state index in [0.29, 0.717) is 17.5 Å². The minimum absolute atomic E-state index is 0.208. The van der Waals surface area contributed by atoms with E-state index in [0.717, 1.165) is 9.54 Å². The van der Waals surface area contributed by atoms with Crippen LogP contribution in [0.3, 0.4) is 0 Å². The van der Waals surface area contributed by atoms with E-state index in [4.69, 9.17) is 4.74 Å². The lowest BCUT2D eigenvalue weighted by Crippen LogP contribution is -2.10. The van der Waals surface area contributed by atoms with Crippen LogP contribution in [-0.4, -0.2) is 25.0 Å². The van der Waals surface area contributed by atoms with Crippen molar-refractivity contribution in [1.82, 2.24) is 3.97 Å². The molecule has 0 spiro atoms. The van der Waals surface area contributed by atoms with Gasteiger partial charge in [-0.2, -0.15) is 0 Å². The molecule has 7 heteroatoms. The van der Waals surface area contributed by atoms with Crippen LogP contribution < -0.4 is 0 Å². The van der Waals surface area contributed by atoms with Crippen LogP contribution >= 0.6 is 15.9 Å². The minimum Gasteiger partial charge on any atom is -0.462 e. The molecule has 0 saturated carbocycles. The van der Waals surface area contributed by atoms with Gasteiger partial charge in [0.25, 0.3) is 10.0 Å². The first-order valence-corrected chi connectivity index (χ1v) is 10.3. The Hall–Kier alpha value is -1.86. The molecule has 0 bridgehead atoms. The lowest BCUT2D eigenvalue weighted by atomic mass is 10.2. The third kappa shape index (κ3) is 5.31. The highest BCUT2D eigenvalue weighted by atomic mass is 79.9. The number of rotatable bonds is 7. The van der Waals surface area contributed by atoms with Crippen LogP contribution in [-0.2, 0) is 24.9 Å². The van der Waals surface area contributed by atoms with Gasteiger partial charge in [0.2, 0.25) is 0 Å². The van der Waals surface area contributed by atoms with Crippen LogP contribution in [0.5, 0.6) is 0 Å². The summed E-state index contributed by atoms with van der Waals surface area (Å²) in [4.78, 5) is 11.8. The smallest absolute Gasteiger partial charge is 0.330 e. The van der Waals surface area contributed by atoms with Gasteiger partial charge >= 0.3 is 5.97 Å². The summed E-state index contributed by atoms with van der Waals surface area (Å²) in [5.41, 5.74) is 1.59. The van der Waals surface area contributed by atoms with Gasteiger partial charge in [-0.1, -0.05) is 41.9 Å². The van der Waals surface area contributed by atoms with E-state index in [1.165, 1.54) is 24.5 Å². The molecule has 0 unspecified atom stereocenters. The molecular weight excluding hydrogens is 406 g/mol. The Labute approximate surface area is 156 Å². The summed E-state index contributed by atoms with van der Waals surface area (Å²) in [6.45, 7) is 4.25. The molecule has 0 aliphatic heterocycles. The van der Waals surface area contributed by atoms with Gasteiger partial charge in [-0.3, -0.25) is 0 Å². The third-order valence-corrected chi connectivity index (χ3v) is 5.61. The zero-order valence-electron chi connectivity index (χ0n) is 14.1. The first-order valence-electron chi connectivity index (χ1n) is 7.76. The van der Waals surface area contributed by atoms with Crippen molar-refractivity contribution in [2.75, 3.05) is 6.61 Å². The number of hydrogen-bond acceptors (Lipinski definition) is 4. The quantitative estimate of drug-likeness (QED) is 0.384. The monoisotopic (exact) mass is 425 g/mol. The minimum atomic E-state index is -3.65. The predicted octanol–water partition coefficient (Wildman–Crippen LogP) is 3.83. The zero-order valence-corrected chi connectivity index (χ0v) is 16.5. The molecule has 1 aromatic carbocycles. The van der Waals surface area contributed by atoms with Crippen molar-refractivity contribution < 1.29 is 17.9 Å². The van der Waals surface area contributed by atoms with Crippen molar-refractivity contribution in [3.8, 4) is 0 Å². The third-order valence-electron chi connectivity index (χ3n) is 3.31. The molecule has 0 saturated heterocycles. The second-order valence-corrected chi connectivity index (χ2v) is 8.32. The van der Waals surface area contributed by atoms with E-state index in [9.17, 15) is 13.2 Å². The first-order chi connectivity index (χ1) is 11.8. The second kappa shape index (κ2) is 8.49. The summed E-state index contributed by atoms with van der Waals surface area (Å²) in [6, 6.07) is 8.29. The van der Waals surface area contributed by atoms with Gasteiger partial charge in [0.15, 0.2) is 0 Å². The van der Waals surface area contributed by atoms with Gasteiger partial charge in [0.05, 0.1) is 11.5 Å². The number of carbonyl (C=O) groups is 1. The fraction of sp³-hybridized carbons (Fsp3) is 0.278. The molecule has 5 nitrogen and oxygen atoms in total. The van der Waals surface area contributed by atoms with Crippen LogP contribution in [0.15, 0.2) is 53.7 Å². The molecule has 0 aliphatic rings. The van der Waals surface area contributed by atoms with Crippen molar-refractivity contribution in [3.05, 3.63) is 59.9 Å². The molecule has 0 fully saturated rings. The number of nitrogens with zero attached hydrogens (tertiary/aromatic N) is 1. The van der Waals surface area contributed by atoms with Crippen LogP contribution in [0.25, 0.3) is 6.08 Å². The molecule has 0 amide bonds. The number of hydrogen-bond donors (Lipinski definition) is 0. The number of aromatic nitrogens is 1. The number of carbonyl (C=O) groups excluding carboxylic acids is 1. The molecule has 134 valence electrons. The molecule has 25 heavy (non-hydrogen) atoms. The summed E-state index contributed by atoms with van der Waals surface area (Å²) in [6.07, 6.45) is 5.73. The molecule has 2 aromatic rings. The predicted molar refractivity (Wildman–Crippen MR) is 101 cm³/mol. The van der Waals surface area contributed by atoms with Crippen LogP contribution in [0, 0.1) is 5.92 Å². The largest absolute Gasteiger partial charge is 0.462 e. The lowest BCUT2D eigenvalue weighted by molar-refractivity contribution is -0.138. The van der Waals surface area contributed by atoms with Crippen molar-refractivity contribution in [2.24, 2.45) is 5.92 Å². The van der Waals surface area contributed by atoms with Gasteiger partial charge in [-0.25, -0.2) is 17.2 Å². The van der Waals surface area contributed by atoms with Crippen LogP contribution in [0.1, 0.15) is 25.0 Å². The molecule has 1 aromatic heterocycles. The SMILES string of the molecule is CC(C)COC(=O)/C=C/c1ccn(S(=O)(=O)c2ccc(CBr)cc2)c1. The summed E-state index contributed by atoms with van der Waals surface area (Å²) in [7, 11) is -3.65. The van der Waals surface area contributed by atoms with E-state index in [1.54, 1.807) is 30.3 Å². The fourth-order valence-electron chi connectivity index (χ4n) is 1.97. The van der Waals surface area contributed by atoms with E-state index in [-0.39, 0.29) is 10.8 Å². The lowest BCUT2D eigenvalue weighted by Gasteiger charge is -2.06. The molecule has 0 N–H and O–H groups in total. The summed E-state index contributed by atoms with van der Waals surface area (Å²) in [5.74, 6) is -0.186. The molecule has 0 atom stereocenters. The summed E-state index contributed by atoms with van der Waals surface area (Å²) < 4.78 is 31.4. The maximum atomic E-state index is 12.6. The average Bonchev–Trinajstić information content (AvgIpc) is 3.08. The number of benzene rings is 1. The second-order valence-electron chi connectivity index (χ2n) is 5.91. The van der Waals surface area contributed by atoms with Gasteiger partial charge in [0, 0.05) is 23.8 Å². The van der Waals surface area contributed by atoms with Gasteiger partial charge in [-0.05, 0) is 41.3 Å². The summed E-state index contributed by atoms with van der Waals surface area (Å²) >= 11 is 3.33. The topological polar surface area (TPSA) is 65.4 Å². The van der Waals surface area contributed by atoms with Crippen LogP contribution in [0.4, 0.5) is 0 Å². The number of alkyl halides is 1. The van der Waals surface area contributed by atoms with E-state index in [1.807, 2.05) is 13.8 Å². The highest BCUT2D eigenvalue weighted by Crippen LogP contribution is 2.17. The Morgan fingerprint density at radius 2 is 1.92 bits per heavy atom. The van der Waals surface area contributed by atoms with Gasteiger partial charge in [-0.15, -0.1) is 0 Å². The highest BCUT2D eigenvalue weighted by Gasteiger charge is 2.16. The number of halogens is 1. The Bertz CT molecular complexity index is 851. The van der Waals surface area contributed by atoms with Crippen molar-refractivity contribution in [1.29, 1.82) is 0 Å². The molecule has 1 heterocycles. The van der Waals surface area contributed by atoms with Crippen molar-refractivity contribution in [3.63, 3.8) is 0 Å². The molecule has 2 rings (SSSR count). The zero-order chi connectivity index (χ0) is 18.4. The number of ether oxygens (including phenoxy) is 1. The van der Waals surface area contributed by atoms with E-state index in [2.05, 4.69) is 15.9 Å². The average molecular weight is 426 g/mol. The molecule has 0 radical (unpaired) electrons. The van der Waals surface area contributed by atoms with E-state index >= 15 is 0 Å². The van der Waals surface area contributed by atoms with E-state index < -0.39 is 16.0 Å². The molecular formula is C18H20BrNO4S. The van der Waals surface area contributed by atoms with Crippen molar-refractivity contribution in [2.45, 2.75) is 24.1 Å². The Kier molecular flexibility index (Phi) is 6.61. The van der Waals surface area contributed by atoms with Crippen LogP contribution in [0.2, 0.25) is 0 Å². The first kappa shape index (κ1) is 19.5. The van der Waals surface area contributed by atoms with Gasteiger partial charge in [0.1, 0.15) is 0 Å². The Morgan fingerprint density at radius 3 is 2.52 bits per heavy atom. The maximum absolute atomic E-state index is 12.6. The molecule has 0 aliphatic carbocycles. The Balaban J connectivity index is 2.12. The summed E-state index contributed by atoms with van der Waals surface area (Å²) in [5, 5.41) is 0.665. The normalized spacial score (nSPS) is 12.0. The Morgan fingerprint density at radius 1 is 1.24 bits per heavy atom. The van der Waals surface area contributed by atoms with Crippen molar-refractivity contribution >= 4 is 38.0 Å². The number of esters is 1. The highest BCUT2D eigenvalue weighted by molar-refractivity contribution is 9.08. The van der Waals surface area contributed by atoms with Gasteiger partial charge < -0.3 is 4.74 Å². The fourth-order valence-corrected chi connectivity index (χ4v) is 3.55. The standard InChI is InChI=1S/C18H20BrNO4S/c1-14(2)13-24-18(21)8-5-16-9-10-20(12-16)25(22,23)17-6-3-15(11-19)4-7-17/h3-10,12,14H,11,13H2,1-2H3/b8-5+.